The zero-order valence-corrected chi connectivity index (χ0v) is 15.6. The molecule has 2 rings (SSSR count). The van der Waals surface area contributed by atoms with Crippen molar-refractivity contribution in [1.29, 1.82) is 0 Å². The summed E-state index contributed by atoms with van der Waals surface area (Å²) < 4.78 is 0. The topological polar surface area (TPSA) is 75.4 Å². The quantitative estimate of drug-likeness (QED) is 0.794. The highest BCUT2D eigenvalue weighted by atomic mass is 35.5. The molecule has 1 aromatic heterocycles. The number of hydrogen-bond acceptors (Lipinski definition) is 5. The fourth-order valence-corrected chi connectivity index (χ4v) is 3.64. The molecule has 130 valence electrons. The fraction of sp³-hybridized carbons (Fsp3) is 0.600. The summed E-state index contributed by atoms with van der Waals surface area (Å²) in [5.41, 5.74) is 6.65. The Morgan fingerprint density at radius 2 is 2.17 bits per heavy atom. The number of nitrogens with two attached hydrogens (primary N) is 1. The Hall–Kier alpha value is -0.760. The molecule has 0 unspecified atom stereocenters. The highest BCUT2D eigenvalue weighted by molar-refractivity contribution is 7.98. The van der Waals surface area contributed by atoms with Crippen LogP contribution in [0, 0.1) is 0 Å². The summed E-state index contributed by atoms with van der Waals surface area (Å²) in [6, 6.07) is 1.56. The molecule has 1 aliphatic heterocycles. The van der Waals surface area contributed by atoms with Gasteiger partial charge in [-0.3, -0.25) is 9.59 Å². The average Bonchev–Trinajstić information content (AvgIpc) is 3.07. The first-order valence-corrected chi connectivity index (χ1v) is 9.82. The fourth-order valence-electron chi connectivity index (χ4n) is 2.51. The number of piperidine rings is 1. The van der Waals surface area contributed by atoms with Gasteiger partial charge in [-0.1, -0.05) is 0 Å². The lowest BCUT2D eigenvalue weighted by Gasteiger charge is -2.33. The molecule has 3 N–H and O–H groups in total. The van der Waals surface area contributed by atoms with Gasteiger partial charge in [0.2, 0.25) is 5.91 Å². The van der Waals surface area contributed by atoms with Crippen LogP contribution in [0.1, 0.15) is 29.6 Å². The minimum atomic E-state index is -0.399. The molecule has 23 heavy (non-hydrogen) atoms. The third-order valence-corrected chi connectivity index (χ3v) is 5.20. The van der Waals surface area contributed by atoms with Crippen molar-refractivity contribution >= 4 is 47.3 Å². The normalized spacial score (nSPS) is 16.5. The third-order valence-electron chi connectivity index (χ3n) is 3.88. The van der Waals surface area contributed by atoms with Gasteiger partial charge in [0.1, 0.15) is 0 Å². The number of thioether (sulfide) groups is 1. The maximum Gasteiger partial charge on any atom is 0.252 e. The first-order chi connectivity index (χ1) is 10.6. The second-order valence-corrected chi connectivity index (χ2v) is 7.24. The predicted molar refractivity (Wildman–Crippen MR) is 99.6 cm³/mol. The average molecular weight is 378 g/mol. The number of nitrogens with zero attached hydrogens (tertiary/aromatic N) is 1. The van der Waals surface area contributed by atoms with Crippen LogP contribution in [-0.2, 0) is 4.79 Å². The van der Waals surface area contributed by atoms with Crippen LogP contribution in [0.3, 0.4) is 0 Å². The molecule has 1 aromatic rings. The van der Waals surface area contributed by atoms with Crippen LogP contribution < -0.4 is 11.1 Å². The molecule has 8 heteroatoms. The zero-order valence-electron chi connectivity index (χ0n) is 13.2. The lowest BCUT2D eigenvalue weighted by Crippen LogP contribution is -2.51. The number of hydrogen-bond donors (Lipinski definition) is 2. The number of carbonyl (C=O) groups is 2. The zero-order chi connectivity index (χ0) is 15.9. The lowest BCUT2D eigenvalue weighted by atomic mass is 10.0. The maximum atomic E-state index is 12.2. The van der Waals surface area contributed by atoms with Crippen LogP contribution in [0.4, 0.5) is 0 Å². The number of nitrogens with one attached hydrogen (secondary N) is 1. The number of likely N-dealkylation sites (tertiary alicyclic amines) is 1. The predicted octanol–water partition coefficient (Wildman–Crippen LogP) is 1.97. The van der Waals surface area contributed by atoms with Gasteiger partial charge in [0.15, 0.2) is 0 Å². The van der Waals surface area contributed by atoms with E-state index in [1.807, 2.05) is 28.0 Å². The second-order valence-electron chi connectivity index (χ2n) is 5.47. The molecule has 5 nitrogen and oxygen atoms in total. The van der Waals surface area contributed by atoms with E-state index in [0.717, 1.165) is 25.0 Å². The molecule has 2 amide bonds. The first-order valence-electron chi connectivity index (χ1n) is 7.48. The summed E-state index contributed by atoms with van der Waals surface area (Å²) in [6.07, 6.45) is 4.31. The van der Waals surface area contributed by atoms with Crippen LogP contribution in [0.5, 0.6) is 0 Å². The molecule has 1 saturated heterocycles. The van der Waals surface area contributed by atoms with E-state index >= 15 is 0 Å². The van der Waals surface area contributed by atoms with Gasteiger partial charge in [-0.2, -0.15) is 23.1 Å². The van der Waals surface area contributed by atoms with Crippen LogP contribution >= 0.6 is 35.5 Å². The van der Waals surface area contributed by atoms with Crippen molar-refractivity contribution in [2.24, 2.45) is 5.73 Å². The smallest absolute Gasteiger partial charge is 0.252 e. The van der Waals surface area contributed by atoms with Gasteiger partial charge >= 0.3 is 0 Å². The van der Waals surface area contributed by atoms with Crippen molar-refractivity contribution in [2.45, 2.75) is 31.3 Å². The van der Waals surface area contributed by atoms with E-state index in [4.69, 9.17) is 5.73 Å². The third kappa shape index (κ3) is 5.99. The van der Waals surface area contributed by atoms with Crippen molar-refractivity contribution in [1.82, 2.24) is 10.2 Å². The first kappa shape index (κ1) is 20.3. The van der Waals surface area contributed by atoms with Crippen LogP contribution in [0.2, 0.25) is 0 Å². The summed E-state index contributed by atoms with van der Waals surface area (Å²) in [5, 5.41) is 6.78. The molecule has 0 radical (unpaired) electrons. The van der Waals surface area contributed by atoms with Crippen molar-refractivity contribution in [2.75, 3.05) is 25.1 Å². The Morgan fingerprint density at radius 3 is 2.74 bits per heavy atom. The van der Waals surface area contributed by atoms with Crippen molar-refractivity contribution in [3.63, 3.8) is 0 Å². The molecule has 0 aromatic carbocycles. The number of rotatable bonds is 6. The molecule has 1 fully saturated rings. The van der Waals surface area contributed by atoms with Crippen molar-refractivity contribution in [3.05, 3.63) is 22.4 Å². The lowest BCUT2D eigenvalue weighted by molar-refractivity contribution is -0.133. The van der Waals surface area contributed by atoms with E-state index in [2.05, 4.69) is 5.32 Å². The maximum absolute atomic E-state index is 12.2. The summed E-state index contributed by atoms with van der Waals surface area (Å²) >= 11 is 3.22. The van der Waals surface area contributed by atoms with E-state index in [-0.39, 0.29) is 30.3 Å². The molecular formula is C15H24ClN3O2S2. The Bertz CT molecular complexity index is 491. The van der Waals surface area contributed by atoms with Gasteiger partial charge in [-0.25, -0.2) is 0 Å². The SMILES string of the molecule is CSCC[C@H](N)C(=O)N1CCC(NC(=O)c2ccsc2)CC1.Cl. The van der Waals surface area contributed by atoms with Gasteiger partial charge in [0, 0.05) is 30.1 Å². The molecular weight excluding hydrogens is 354 g/mol. The molecule has 0 saturated carbocycles. The van der Waals surface area contributed by atoms with E-state index in [0.29, 0.717) is 18.7 Å². The van der Waals surface area contributed by atoms with Gasteiger partial charge in [0.05, 0.1) is 6.04 Å². The highest BCUT2D eigenvalue weighted by Gasteiger charge is 2.26. The van der Waals surface area contributed by atoms with Crippen molar-refractivity contribution < 1.29 is 9.59 Å². The van der Waals surface area contributed by atoms with Crippen molar-refractivity contribution in [3.8, 4) is 0 Å². The van der Waals surface area contributed by atoms with E-state index in [1.54, 1.807) is 11.8 Å². The molecule has 2 heterocycles. The van der Waals surface area contributed by atoms with E-state index < -0.39 is 6.04 Å². The van der Waals surface area contributed by atoms with Crippen LogP contribution in [-0.4, -0.2) is 53.9 Å². The van der Waals surface area contributed by atoms with Crippen LogP contribution in [0.25, 0.3) is 0 Å². The minimum Gasteiger partial charge on any atom is -0.349 e. The second kappa shape index (κ2) is 10.2. The van der Waals surface area contributed by atoms with E-state index in [1.165, 1.54) is 11.3 Å². The molecule has 1 aliphatic rings. The summed E-state index contributed by atoms with van der Waals surface area (Å²) in [5.74, 6) is 0.916. The molecule has 0 spiro atoms. The number of carbonyl (C=O) groups excluding carboxylic acids is 2. The Balaban J connectivity index is 0.00000264. The summed E-state index contributed by atoms with van der Waals surface area (Å²) in [4.78, 5) is 26.1. The minimum absolute atomic E-state index is 0. The van der Waals surface area contributed by atoms with Gasteiger partial charge in [0.25, 0.3) is 5.91 Å². The largest absolute Gasteiger partial charge is 0.349 e. The van der Waals surface area contributed by atoms with E-state index in [9.17, 15) is 9.59 Å². The monoisotopic (exact) mass is 377 g/mol. The van der Waals surface area contributed by atoms with Gasteiger partial charge < -0.3 is 16.0 Å². The van der Waals surface area contributed by atoms with Gasteiger partial charge in [-0.05, 0) is 42.7 Å². The van der Waals surface area contributed by atoms with Crippen LogP contribution in [0.15, 0.2) is 16.8 Å². The molecule has 0 bridgehead atoms. The molecule has 1 atom stereocenters. The number of halogens is 1. The Kier molecular flexibility index (Phi) is 8.98. The Morgan fingerprint density at radius 1 is 1.48 bits per heavy atom. The number of thiophene rings is 1. The highest BCUT2D eigenvalue weighted by Crippen LogP contribution is 2.14. The van der Waals surface area contributed by atoms with Gasteiger partial charge in [-0.15, -0.1) is 12.4 Å². The Labute approximate surface area is 151 Å². The number of amides is 2. The molecule has 0 aliphatic carbocycles. The standard InChI is InChI=1S/C15H23N3O2S2.ClH/c1-21-8-5-13(16)15(20)18-6-2-12(3-7-18)17-14(19)11-4-9-22-10-11;/h4,9-10,12-13H,2-3,5-8,16H2,1H3,(H,17,19);1H/t13-;/m0./s1. The summed E-state index contributed by atoms with van der Waals surface area (Å²) in [6.45, 7) is 1.33. The summed E-state index contributed by atoms with van der Waals surface area (Å²) in [7, 11) is 0.